The number of ether oxygens (including phenoxy) is 1. The molecule has 26 heavy (non-hydrogen) atoms. The maximum absolute atomic E-state index is 12.3. The first kappa shape index (κ1) is 18.0. The summed E-state index contributed by atoms with van der Waals surface area (Å²) in [6.45, 7) is 2.61. The highest BCUT2D eigenvalue weighted by atomic mass is 16.5. The fourth-order valence-electron chi connectivity index (χ4n) is 2.88. The molecule has 0 radical (unpaired) electrons. The number of methoxy groups -OCH3 is 1. The molecular formula is C21H24N2O3. The van der Waals surface area contributed by atoms with Gasteiger partial charge in [0.1, 0.15) is 5.75 Å². The summed E-state index contributed by atoms with van der Waals surface area (Å²) in [4.78, 5) is 24.3. The molecule has 0 heterocycles. The van der Waals surface area contributed by atoms with Crippen LogP contribution in [-0.2, 0) is 11.2 Å². The lowest BCUT2D eigenvalue weighted by Gasteiger charge is -2.09. The van der Waals surface area contributed by atoms with Crippen molar-refractivity contribution in [3.63, 3.8) is 0 Å². The van der Waals surface area contributed by atoms with E-state index in [2.05, 4.69) is 17.6 Å². The highest BCUT2D eigenvalue weighted by molar-refractivity contribution is 5.98. The van der Waals surface area contributed by atoms with Crippen LogP contribution in [0.2, 0.25) is 0 Å². The van der Waals surface area contributed by atoms with Crippen molar-refractivity contribution >= 4 is 17.5 Å². The lowest BCUT2D eigenvalue weighted by Crippen LogP contribution is -2.25. The highest BCUT2D eigenvalue weighted by Gasteiger charge is 2.39. The SMILES string of the molecule is COc1ccc(CCNC(=O)c2cccc(NC(=O)C3CC3C)c2)cc1. The normalized spacial score (nSPS) is 18.1. The van der Waals surface area contributed by atoms with E-state index in [0.717, 1.165) is 24.2 Å². The molecule has 2 unspecified atom stereocenters. The molecule has 0 spiro atoms. The van der Waals surface area contributed by atoms with Crippen LogP contribution in [0.4, 0.5) is 5.69 Å². The van der Waals surface area contributed by atoms with Gasteiger partial charge in [-0.25, -0.2) is 0 Å². The number of anilines is 1. The zero-order valence-electron chi connectivity index (χ0n) is 15.1. The van der Waals surface area contributed by atoms with E-state index in [1.807, 2.05) is 24.3 Å². The van der Waals surface area contributed by atoms with Crippen LogP contribution in [0.3, 0.4) is 0 Å². The van der Waals surface area contributed by atoms with Crippen LogP contribution >= 0.6 is 0 Å². The third-order valence-electron chi connectivity index (χ3n) is 4.70. The summed E-state index contributed by atoms with van der Waals surface area (Å²) < 4.78 is 5.13. The number of rotatable bonds is 7. The van der Waals surface area contributed by atoms with Gasteiger partial charge in [0.25, 0.3) is 5.91 Å². The van der Waals surface area contributed by atoms with Gasteiger partial charge in [0.05, 0.1) is 7.11 Å². The van der Waals surface area contributed by atoms with Gasteiger partial charge in [-0.2, -0.15) is 0 Å². The minimum absolute atomic E-state index is 0.0366. The van der Waals surface area contributed by atoms with Gasteiger partial charge in [0, 0.05) is 23.7 Å². The van der Waals surface area contributed by atoms with Crippen molar-refractivity contribution in [2.75, 3.05) is 19.0 Å². The summed E-state index contributed by atoms with van der Waals surface area (Å²) in [5.41, 5.74) is 2.34. The van der Waals surface area contributed by atoms with E-state index in [0.29, 0.717) is 23.7 Å². The molecule has 1 fully saturated rings. The zero-order chi connectivity index (χ0) is 18.5. The van der Waals surface area contributed by atoms with Crippen LogP contribution in [0, 0.1) is 11.8 Å². The molecule has 2 atom stereocenters. The van der Waals surface area contributed by atoms with E-state index in [-0.39, 0.29) is 17.7 Å². The predicted octanol–water partition coefficient (Wildman–Crippen LogP) is 3.26. The molecule has 5 nitrogen and oxygen atoms in total. The van der Waals surface area contributed by atoms with Crippen LogP contribution in [0.5, 0.6) is 5.75 Å². The quantitative estimate of drug-likeness (QED) is 0.804. The van der Waals surface area contributed by atoms with Crippen molar-refractivity contribution in [1.29, 1.82) is 0 Å². The molecule has 1 saturated carbocycles. The standard InChI is InChI=1S/C21H24N2O3/c1-14-12-19(14)21(25)23-17-5-3-4-16(13-17)20(24)22-11-10-15-6-8-18(26-2)9-7-15/h3-9,13-14,19H,10-12H2,1-2H3,(H,22,24)(H,23,25). The molecule has 0 bridgehead atoms. The molecule has 2 N–H and O–H groups in total. The number of benzene rings is 2. The molecule has 1 aliphatic carbocycles. The molecule has 2 aromatic rings. The van der Waals surface area contributed by atoms with E-state index in [4.69, 9.17) is 4.74 Å². The predicted molar refractivity (Wildman–Crippen MR) is 101 cm³/mol. The molecule has 3 rings (SSSR count). The fourth-order valence-corrected chi connectivity index (χ4v) is 2.88. The van der Waals surface area contributed by atoms with Gasteiger partial charge >= 0.3 is 0 Å². The Hall–Kier alpha value is -2.82. The summed E-state index contributed by atoms with van der Waals surface area (Å²) in [5.74, 6) is 1.28. The van der Waals surface area contributed by atoms with E-state index in [1.54, 1.807) is 31.4 Å². The Labute approximate surface area is 153 Å². The highest BCUT2D eigenvalue weighted by Crippen LogP contribution is 2.38. The summed E-state index contributed by atoms with van der Waals surface area (Å²) in [7, 11) is 1.64. The molecule has 2 amide bonds. The number of hydrogen-bond acceptors (Lipinski definition) is 3. The number of nitrogens with one attached hydrogen (secondary N) is 2. The second-order valence-electron chi connectivity index (χ2n) is 6.74. The number of amides is 2. The molecule has 0 aliphatic heterocycles. The summed E-state index contributed by atoms with van der Waals surface area (Å²) in [5, 5.41) is 5.81. The van der Waals surface area contributed by atoms with E-state index < -0.39 is 0 Å². The number of carbonyl (C=O) groups is 2. The first-order chi connectivity index (χ1) is 12.6. The minimum atomic E-state index is -0.144. The maximum Gasteiger partial charge on any atom is 0.251 e. The monoisotopic (exact) mass is 352 g/mol. The van der Waals surface area contributed by atoms with E-state index in [9.17, 15) is 9.59 Å². The van der Waals surface area contributed by atoms with Gasteiger partial charge in [-0.1, -0.05) is 25.1 Å². The second-order valence-corrected chi connectivity index (χ2v) is 6.74. The van der Waals surface area contributed by atoms with Crippen molar-refractivity contribution in [3.05, 3.63) is 59.7 Å². The van der Waals surface area contributed by atoms with Crippen LogP contribution in [-0.4, -0.2) is 25.5 Å². The molecule has 0 aromatic heterocycles. The lowest BCUT2D eigenvalue weighted by molar-refractivity contribution is -0.117. The summed E-state index contributed by atoms with van der Waals surface area (Å²) in [6.07, 6.45) is 1.68. The lowest BCUT2D eigenvalue weighted by atomic mass is 10.1. The zero-order valence-corrected chi connectivity index (χ0v) is 15.1. The van der Waals surface area contributed by atoms with Gasteiger partial charge in [-0.15, -0.1) is 0 Å². The molecule has 2 aromatic carbocycles. The summed E-state index contributed by atoms with van der Waals surface area (Å²) in [6, 6.07) is 14.8. The topological polar surface area (TPSA) is 67.4 Å². The number of carbonyl (C=O) groups excluding carboxylic acids is 2. The smallest absolute Gasteiger partial charge is 0.251 e. The molecular weight excluding hydrogens is 328 g/mol. The van der Waals surface area contributed by atoms with Crippen molar-refractivity contribution < 1.29 is 14.3 Å². The van der Waals surface area contributed by atoms with Crippen molar-refractivity contribution in [2.24, 2.45) is 11.8 Å². The van der Waals surface area contributed by atoms with Crippen LogP contribution in [0.15, 0.2) is 48.5 Å². The average molecular weight is 352 g/mol. The third-order valence-corrected chi connectivity index (χ3v) is 4.70. The largest absolute Gasteiger partial charge is 0.497 e. The summed E-state index contributed by atoms with van der Waals surface area (Å²) >= 11 is 0. The Kier molecular flexibility index (Phi) is 5.56. The Balaban J connectivity index is 1.50. The molecule has 0 saturated heterocycles. The fraction of sp³-hybridized carbons (Fsp3) is 0.333. The van der Waals surface area contributed by atoms with Gasteiger partial charge in [-0.3, -0.25) is 9.59 Å². The minimum Gasteiger partial charge on any atom is -0.497 e. The van der Waals surface area contributed by atoms with E-state index in [1.165, 1.54) is 0 Å². The second kappa shape index (κ2) is 8.04. The van der Waals surface area contributed by atoms with Gasteiger partial charge < -0.3 is 15.4 Å². The molecule has 136 valence electrons. The first-order valence-corrected chi connectivity index (χ1v) is 8.89. The molecule has 1 aliphatic rings. The first-order valence-electron chi connectivity index (χ1n) is 8.89. The van der Waals surface area contributed by atoms with E-state index >= 15 is 0 Å². The Morgan fingerprint density at radius 3 is 2.54 bits per heavy atom. The van der Waals surface area contributed by atoms with Crippen LogP contribution < -0.4 is 15.4 Å². The maximum atomic E-state index is 12.3. The van der Waals surface area contributed by atoms with Gasteiger partial charge in [0.2, 0.25) is 5.91 Å². The van der Waals surface area contributed by atoms with Crippen molar-refractivity contribution in [3.8, 4) is 5.75 Å². The van der Waals surface area contributed by atoms with Crippen LogP contribution in [0.25, 0.3) is 0 Å². The molecule has 5 heteroatoms. The average Bonchev–Trinajstić information content (AvgIpc) is 3.39. The third kappa shape index (κ3) is 4.63. The van der Waals surface area contributed by atoms with Gasteiger partial charge in [-0.05, 0) is 54.7 Å². The van der Waals surface area contributed by atoms with Crippen molar-refractivity contribution in [1.82, 2.24) is 5.32 Å². The van der Waals surface area contributed by atoms with Crippen molar-refractivity contribution in [2.45, 2.75) is 19.8 Å². The number of hydrogen-bond donors (Lipinski definition) is 2. The Bertz CT molecular complexity index is 786. The van der Waals surface area contributed by atoms with Crippen LogP contribution in [0.1, 0.15) is 29.3 Å². The Morgan fingerprint density at radius 1 is 1.15 bits per heavy atom. The Morgan fingerprint density at radius 2 is 1.88 bits per heavy atom. The van der Waals surface area contributed by atoms with Gasteiger partial charge in [0.15, 0.2) is 0 Å².